The first-order valence-electron chi connectivity index (χ1n) is 6.51. The molecule has 1 aromatic rings. The van der Waals surface area contributed by atoms with Crippen molar-refractivity contribution in [1.29, 1.82) is 0 Å². The lowest BCUT2D eigenvalue weighted by Crippen LogP contribution is -2.50. The van der Waals surface area contributed by atoms with Crippen LogP contribution in [-0.2, 0) is 6.54 Å². The Morgan fingerprint density at radius 1 is 1.29 bits per heavy atom. The van der Waals surface area contributed by atoms with Gasteiger partial charge in [-0.15, -0.1) is 0 Å². The van der Waals surface area contributed by atoms with Crippen LogP contribution in [0.3, 0.4) is 0 Å². The van der Waals surface area contributed by atoms with Gasteiger partial charge in [0.2, 0.25) is 0 Å². The molecule has 3 rings (SSSR count). The highest BCUT2D eigenvalue weighted by atomic mass is 15.6. The largest absolute Gasteiger partial charge is 0.309 e. The number of imidazole rings is 1. The molecular formula is C12H21N5. The molecule has 0 spiro atoms. The van der Waals surface area contributed by atoms with Gasteiger partial charge in [0.15, 0.2) is 0 Å². The third-order valence-corrected chi connectivity index (χ3v) is 3.63. The van der Waals surface area contributed by atoms with E-state index < -0.39 is 0 Å². The number of hydrogen-bond donors (Lipinski definition) is 1. The van der Waals surface area contributed by atoms with E-state index in [4.69, 9.17) is 0 Å². The minimum atomic E-state index is 0.755. The highest BCUT2D eigenvalue weighted by molar-refractivity contribution is 5.05. The quantitative estimate of drug-likeness (QED) is 0.798. The number of nitrogens with one attached hydrogen (secondary N) is 1. The fourth-order valence-corrected chi connectivity index (χ4v) is 2.24. The summed E-state index contributed by atoms with van der Waals surface area (Å²) in [5.74, 6) is 0. The predicted molar refractivity (Wildman–Crippen MR) is 67.5 cm³/mol. The maximum absolute atomic E-state index is 4.28. The Kier molecular flexibility index (Phi) is 3.03. The van der Waals surface area contributed by atoms with Gasteiger partial charge in [0, 0.05) is 38.8 Å². The lowest BCUT2D eigenvalue weighted by atomic mass is 10.4. The summed E-state index contributed by atoms with van der Waals surface area (Å²) in [4.78, 5) is 6.65. The van der Waals surface area contributed by atoms with E-state index in [1.807, 2.05) is 12.5 Å². The number of nitrogens with zero attached hydrogens (tertiary/aromatic N) is 4. The minimum absolute atomic E-state index is 0.755. The summed E-state index contributed by atoms with van der Waals surface area (Å²) >= 11 is 0. The summed E-state index contributed by atoms with van der Waals surface area (Å²) in [6.07, 6.45) is 6.59. The van der Waals surface area contributed by atoms with Gasteiger partial charge in [0.25, 0.3) is 0 Å². The molecule has 1 saturated heterocycles. The SMILES string of the molecule is CN1CCN(n2cncc2CNC2CC2)CC1. The van der Waals surface area contributed by atoms with E-state index in [-0.39, 0.29) is 0 Å². The molecule has 0 amide bonds. The predicted octanol–water partition coefficient (Wildman–Crippen LogP) is 0.0185. The average Bonchev–Trinajstić information content (AvgIpc) is 3.06. The first kappa shape index (κ1) is 11.0. The maximum Gasteiger partial charge on any atom is 0.114 e. The summed E-state index contributed by atoms with van der Waals surface area (Å²) in [6, 6.07) is 0.755. The first-order chi connectivity index (χ1) is 8.33. The van der Waals surface area contributed by atoms with Gasteiger partial charge in [-0.25, -0.2) is 9.66 Å². The van der Waals surface area contributed by atoms with E-state index in [1.54, 1.807) is 0 Å². The van der Waals surface area contributed by atoms with Crippen LogP contribution in [0.4, 0.5) is 0 Å². The van der Waals surface area contributed by atoms with Gasteiger partial charge in [0.1, 0.15) is 6.33 Å². The zero-order chi connectivity index (χ0) is 11.7. The Morgan fingerprint density at radius 3 is 2.76 bits per heavy atom. The molecule has 0 bridgehead atoms. The van der Waals surface area contributed by atoms with Crippen LogP contribution in [0.5, 0.6) is 0 Å². The third-order valence-electron chi connectivity index (χ3n) is 3.63. The topological polar surface area (TPSA) is 36.3 Å². The molecule has 1 aromatic heterocycles. The van der Waals surface area contributed by atoms with Crippen molar-refractivity contribution in [1.82, 2.24) is 19.9 Å². The molecule has 0 atom stereocenters. The van der Waals surface area contributed by atoms with Crippen LogP contribution < -0.4 is 10.3 Å². The zero-order valence-electron chi connectivity index (χ0n) is 10.5. The van der Waals surface area contributed by atoms with Crippen molar-refractivity contribution in [2.24, 2.45) is 0 Å². The number of likely N-dealkylation sites (N-methyl/N-ethyl adjacent to an activating group) is 1. The lowest BCUT2D eigenvalue weighted by Gasteiger charge is -2.35. The molecule has 5 nitrogen and oxygen atoms in total. The maximum atomic E-state index is 4.28. The number of piperazine rings is 1. The van der Waals surface area contributed by atoms with E-state index in [2.05, 4.69) is 31.9 Å². The molecule has 2 heterocycles. The monoisotopic (exact) mass is 235 g/mol. The van der Waals surface area contributed by atoms with Crippen LogP contribution >= 0.6 is 0 Å². The Labute approximate surface area is 102 Å². The van der Waals surface area contributed by atoms with Gasteiger partial charge in [-0.3, -0.25) is 0 Å². The standard InChI is InChI=1S/C12H21N5/c1-15-4-6-16(7-5-15)17-10-13-8-12(17)9-14-11-2-3-11/h8,10-11,14H,2-7,9H2,1H3. The summed E-state index contributed by atoms with van der Waals surface area (Å²) in [5, 5.41) is 5.94. The van der Waals surface area contributed by atoms with Crippen LogP contribution in [0.15, 0.2) is 12.5 Å². The van der Waals surface area contributed by atoms with Crippen molar-refractivity contribution in [2.45, 2.75) is 25.4 Å². The second kappa shape index (κ2) is 4.66. The normalized spacial score (nSPS) is 22.1. The minimum Gasteiger partial charge on any atom is -0.309 e. The molecule has 0 radical (unpaired) electrons. The van der Waals surface area contributed by atoms with Crippen LogP contribution in [0.1, 0.15) is 18.5 Å². The van der Waals surface area contributed by atoms with Crippen molar-refractivity contribution in [3.63, 3.8) is 0 Å². The van der Waals surface area contributed by atoms with Crippen molar-refractivity contribution in [2.75, 3.05) is 38.2 Å². The number of aromatic nitrogens is 2. The Bertz CT molecular complexity index is 363. The molecule has 2 fully saturated rings. The van der Waals surface area contributed by atoms with E-state index in [1.165, 1.54) is 18.5 Å². The molecule has 1 N–H and O–H groups in total. The first-order valence-corrected chi connectivity index (χ1v) is 6.51. The van der Waals surface area contributed by atoms with Crippen LogP contribution in [0, 0.1) is 0 Å². The summed E-state index contributed by atoms with van der Waals surface area (Å²) in [7, 11) is 2.18. The zero-order valence-corrected chi connectivity index (χ0v) is 10.5. The summed E-state index contributed by atoms with van der Waals surface area (Å²) in [5.41, 5.74) is 1.28. The molecular weight excluding hydrogens is 214 g/mol. The van der Waals surface area contributed by atoms with Gasteiger partial charge in [-0.2, -0.15) is 0 Å². The number of hydrogen-bond acceptors (Lipinski definition) is 4. The number of rotatable bonds is 4. The van der Waals surface area contributed by atoms with Gasteiger partial charge in [0.05, 0.1) is 11.9 Å². The highest BCUT2D eigenvalue weighted by Crippen LogP contribution is 2.19. The van der Waals surface area contributed by atoms with Crippen molar-refractivity contribution in [3.8, 4) is 0 Å². The van der Waals surface area contributed by atoms with Crippen molar-refractivity contribution >= 4 is 0 Å². The molecule has 1 saturated carbocycles. The molecule has 94 valence electrons. The molecule has 0 unspecified atom stereocenters. The van der Waals surface area contributed by atoms with Gasteiger partial charge >= 0.3 is 0 Å². The Morgan fingerprint density at radius 2 is 2.06 bits per heavy atom. The van der Waals surface area contributed by atoms with E-state index in [0.717, 1.165) is 38.8 Å². The van der Waals surface area contributed by atoms with Crippen LogP contribution in [-0.4, -0.2) is 53.8 Å². The average molecular weight is 235 g/mol. The molecule has 0 aromatic carbocycles. The van der Waals surface area contributed by atoms with Crippen molar-refractivity contribution < 1.29 is 0 Å². The van der Waals surface area contributed by atoms with Crippen LogP contribution in [0.2, 0.25) is 0 Å². The van der Waals surface area contributed by atoms with E-state index >= 15 is 0 Å². The molecule has 2 aliphatic rings. The second-order valence-electron chi connectivity index (χ2n) is 5.14. The Hall–Kier alpha value is -1.07. The van der Waals surface area contributed by atoms with Gasteiger partial charge < -0.3 is 15.2 Å². The van der Waals surface area contributed by atoms with Gasteiger partial charge in [-0.1, -0.05) is 0 Å². The molecule has 5 heteroatoms. The smallest absolute Gasteiger partial charge is 0.114 e. The van der Waals surface area contributed by atoms with E-state index in [9.17, 15) is 0 Å². The third kappa shape index (κ3) is 2.61. The van der Waals surface area contributed by atoms with Crippen molar-refractivity contribution in [3.05, 3.63) is 18.2 Å². The van der Waals surface area contributed by atoms with Gasteiger partial charge in [-0.05, 0) is 19.9 Å². The fraction of sp³-hybridized carbons (Fsp3) is 0.750. The summed E-state index contributed by atoms with van der Waals surface area (Å²) in [6.45, 7) is 5.38. The molecule has 17 heavy (non-hydrogen) atoms. The molecule has 1 aliphatic heterocycles. The second-order valence-corrected chi connectivity index (χ2v) is 5.14. The molecule has 1 aliphatic carbocycles. The Balaban J connectivity index is 1.62. The summed E-state index contributed by atoms with van der Waals surface area (Å²) < 4.78 is 2.22. The van der Waals surface area contributed by atoms with E-state index in [0.29, 0.717) is 0 Å². The van der Waals surface area contributed by atoms with Crippen LogP contribution in [0.25, 0.3) is 0 Å². The lowest BCUT2D eigenvalue weighted by molar-refractivity contribution is 0.285. The fourth-order valence-electron chi connectivity index (χ4n) is 2.24. The highest BCUT2D eigenvalue weighted by Gasteiger charge is 2.21.